The largest absolute Gasteiger partial charge is 0.439 e. The van der Waals surface area contributed by atoms with Crippen LogP contribution in [0.5, 0.6) is 11.6 Å². The average molecular weight is 350 g/mol. The lowest BCUT2D eigenvalue weighted by atomic mass is 10.1. The van der Waals surface area contributed by atoms with Gasteiger partial charge in [0.2, 0.25) is 5.88 Å². The Morgan fingerprint density at radius 3 is 2.69 bits per heavy atom. The van der Waals surface area contributed by atoms with Crippen LogP contribution in [0.4, 0.5) is 4.39 Å². The van der Waals surface area contributed by atoms with E-state index in [-0.39, 0.29) is 11.7 Å². The zero-order chi connectivity index (χ0) is 18.5. The Morgan fingerprint density at radius 1 is 1.12 bits per heavy atom. The van der Waals surface area contributed by atoms with Crippen LogP contribution < -0.4 is 10.1 Å². The SMILES string of the molecule is Cc1ccc(C)c(C(=O)NCc2ccc(Oc3cccc(F)c3)nc2)c1. The van der Waals surface area contributed by atoms with Crippen LogP contribution in [-0.4, -0.2) is 10.9 Å². The molecule has 0 atom stereocenters. The van der Waals surface area contributed by atoms with Crippen molar-refractivity contribution in [2.45, 2.75) is 20.4 Å². The second kappa shape index (κ2) is 7.78. The highest BCUT2D eigenvalue weighted by Crippen LogP contribution is 2.20. The van der Waals surface area contributed by atoms with Gasteiger partial charge in [0.15, 0.2) is 0 Å². The lowest BCUT2D eigenvalue weighted by Crippen LogP contribution is -2.23. The highest BCUT2D eigenvalue weighted by molar-refractivity contribution is 5.95. The molecule has 0 unspecified atom stereocenters. The molecule has 1 heterocycles. The molecule has 0 saturated carbocycles. The van der Waals surface area contributed by atoms with E-state index in [4.69, 9.17) is 4.74 Å². The third-order valence-electron chi connectivity index (χ3n) is 3.91. The van der Waals surface area contributed by atoms with Gasteiger partial charge in [-0.05, 0) is 43.2 Å². The summed E-state index contributed by atoms with van der Waals surface area (Å²) in [6.07, 6.45) is 1.62. The molecule has 26 heavy (non-hydrogen) atoms. The third kappa shape index (κ3) is 4.45. The van der Waals surface area contributed by atoms with Gasteiger partial charge in [-0.3, -0.25) is 4.79 Å². The van der Waals surface area contributed by atoms with Gasteiger partial charge >= 0.3 is 0 Å². The van der Waals surface area contributed by atoms with E-state index in [0.717, 1.165) is 16.7 Å². The fraction of sp³-hybridized carbons (Fsp3) is 0.143. The number of ether oxygens (including phenoxy) is 1. The Morgan fingerprint density at radius 2 is 1.96 bits per heavy atom. The average Bonchev–Trinajstić information content (AvgIpc) is 2.63. The Labute approximate surface area is 151 Å². The molecule has 0 radical (unpaired) electrons. The molecule has 3 aromatic rings. The van der Waals surface area contributed by atoms with Crippen molar-refractivity contribution in [3.8, 4) is 11.6 Å². The fourth-order valence-electron chi connectivity index (χ4n) is 2.49. The smallest absolute Gasteiger partial charge is 0.251 e. The van der Waals surface area contributed by atoms with E-state index in [0.29, 0.717) is 23.7 Å². The predicted molar refractivity (Wildman–Crippen MR) is 97.8 cm³/mol. The number of benzene rings is 2. The van der Waals surface area contributed by atoms with E-state index >= 15 is 0 Å². The van der Waals surface area contributed by atoms with Crippen molar-refractivity contribution in [3.63, 3.8) is 0 Å². The summed E-state index contributed by atoms with van der Waals surface area (Å²) >= 11 is 0. The lowest BCUT2D eigenvalue weighted by Gasteiger charge is -2.09. The minimum absolute atomic E-state index is 0.119. The molecule has 3 rings (SSSR count). The minimum Gasteiger partial charge on any atom is -0.439 e. The van der Waals surface area contributed by atoms with Gasteiger partial charge in [-0.15, -0.1) is 0 Å². The number of pyridine rings is 1. The highest BCUT2D eigenvalue weighted by atomic mass is 19.1. The Bertz CT molecular complexity index is 924. The van der Waals surface area contributed by atoms with E-state index in [9.17, 15) is 9.18 Å². The molecule has 1 amide bonds. The van der Waals surface area contributed by atoms with Crippen LogP contribution in [0.25, 0.3) is 0 Å². The molecule has 0 fully saturated rings. The van der Waals surface area contributed by atoms with Crippen LogP contribution in [0.2, 0.25) is 0 Å². The van der Waals surface area contributed by atoms with Crippen molar-refractivity contribution in [2.75, 3.05) is 0 Å². The van der Waals surface area contributed by atoms with E-state index in [1.807, 2.05) is 38.1 Å². The van der Waals surface area contributed by atoms with Gasteiger partial charge in [0.05, 0.1) is 0 Å². The second-order valence-electron chi connectivity index (χ2n) is 6.07. The zero-order valence-corrected chi connectivity index (χ0v) is 14.6. The molecular formula is C21H19FN2O2. The number of carbonyl (C=O) groups is 1. The summed E-state index contributed by atoms with van der Waals surface area (Å²) < 4.78 is 18.7. The number of hydrogen-bond donors (Lipinski definition) is 1. The number of halogens is 1. The lowest BCUT2D eigenvalue weighted by molar-refractivity contribution is 0.0950. The highest BCUT2D eigenvalue weighted by Gasteiger charge is 2.09. The van der Waals surface area contributed by atoms with E-state index < -0.39 is 0 Å². The van der Waals surface area contributed by atoms with Gasteiger partial charge in [-0.25, -0.2) is 9.37 Å². The van der Waals surface area contributed by atoms with E-state index in [1.54, 1.807) is 24.4 Å². The van der Waals surface area contributed by atoms with Crippen molar-refractivity contribution in [1.29, 1.82) is 0 Å². The standard InChI is InChI=1S/C21H19FN2O2/c1-14-6-7-15(2)19(10-14)21(25)24-13-16-8-9-20(23-12-16)26-18-5-3-4-17(22)11-18/h3-12H,13H2,1-2H3,(H,24,25). The van der Waals surface area contributed by atoms with Crippen LogP contribution >= 0.6 is 0 Å². The van der Waals surface area contributed by atoms with Gasteiger partial charge < -0.3 is 10.1 Å². The molecule has 4 nitrogen and oxygen atoms in total. The van der Waals surface area contributed by atoms with Gasteiger partial charge in [0.25, 0.3) is 5.91 Å². The van der Waals surface area contributed by atoms with Crippen LogP contribution in [0.15, 0.2) is 60.8 Å². The first kappa shape index (κ1) is 17.6. The Hall–Kier alpha value is -3.21. The fourth-order valence-corrected chi connectivity index (χ4v) is 2.49. The molecule has 0 aliphatic carbocycles. The monoisotopic (exact) mass is 350 g/mol. The summed E-state index contributed by atoms with van der Waals surface area (Å²) in [6, 6.07) is 15.2. The quantitative estimate of drug-likeness (QED) is 0.734. The first-order valence-electron chi connectivity index (χ1n) is 8.25. The first-order chi connectivity index (χ1) is 12.5. The molecule has 1 aromatic heterocycles. The van der Waals surface area contributed by atoms with Crippen molar-refractivity contribution in [2.24, 2.45) is 0 Å². The van der Waals surface area contributed by atoms with Crippen LogP contribution in [0.1, 0.15) is 27.0 Å². The maximum atomic E-state index is 13.2. The molecule has 132 valence electrons. The molecule has 0 aliphatic rings. The molecule has 0 bridgehead atoms. The number of nitrogens with zero attached hydrogens (tertiary/aromatic N) is 1. The van der Waals surface area contributed by atoms with E-state index in [1.165, 1.54) is 12.1 Å². The molecule has 0 saturated heterocycles. The van der Waals surface area contributed by atoms with Gasteiger partial charge in [0.1, 0.15) is 11.6 Å². The van der Waals surface area contributed by atoms with Gasteiger partial charge in [-0.1, -0.05) is 29.8 Å². The number of nitrogens with one attached hydrogen (secondary N) is 1. The molecule has 0 spiro atoms. The maximum absolute atomic E-state index is 13.2. The topological polar surface area (TPSA) is 51.2 Å². The third-order valence-corrected chi connectivity index (χ3v) is 3.91. The summed E-state index contributed by atoms with van der Waals surface area (Å²) in [5.41, 5.74) is 3.49. The van der Waals surface area contributed by atoms with Crippen LogP contribution in [-0.2, 0) is 6.54 Å². The number of amides is 1. The minimum atomic E-state index is -0.367. The summed E-state index contributed by atoms with van der Waals surface area (Å²) in [6.45, 7) is 4.23. The molecule has 2 aromatic carbocycles. The number of aromatic nitrogens is 1. The first-order valence-corrected chi connectivity index (χ1v) is 8.25. The predicted octanol–water partition coefficient (Wildman–Crippen LogP) is 4.56. The van der Waals surface area contributed by atoms with Crippen molar-refractivity contribution < 1.29 is 13.9 Å². The van der Waals surface area contributed by atoms with Crippen molar-refractivity contribution in [1.82, 2.24) is 10.3 Å². The summed E-state index contributed by atoms with van der Waals surface area (Å²) in [7, 11) is 0. The zero-order valence-electron chi connectivity index (χ0n) is 14.6. The van der Waals surface area contributed by atoms with Crippen LogP contribution in [0.3, 0.4) is 0 Å². The summed E-state index contributed by atoms with van der Waals surface area (Å²) in [4.78, 5) is 16.5. The molecule has 1 N–H and O–H groups in total. The van der Waals surface area contributed by atoms with Crippen molar-refractivity contribution >= 4 is 5.91 Å². The molecular weight excluding hydrogens is 331 g/mol. The molecule has 0 aliphatic heterocycles. The Balaban J connectivity index is 1.61. The molecule has 5 heteroatoms. The Kier molecular flexibility index (Phi) is 5.27. The normalized spacial score (nSPS) is 10.4. The van der Waals surface area contributed by atoms with Gasteiger partial charge in [0, 0.05) is 30.4 Å². The number of aryl methyl sites for hydroxylation is 2. The van der Waals surface area contributed by atoms with E-state index in [2.05, 4.69) is 10.3 Å². The number of hydrogen-bond acceptors (Lipinski definition) is 3. The number of carbonyl (C=O) groups excluding carboxylic acids is 1. The summed E-state index contributed by atoms with van der Waals surface area (Å²) in [5, 5.41) is 2.89. The summed E-state index contributed by atoms with van der Waals surface area (Å²) in [5.74, 6) is 0.258. The van der Waals surface area contributed by atoms with Crippen LogP contribution in [0, 0.1) is 19.7 Å². The van der Waals surface area contributed by atoms with Gasteiger partial charge in [-0.2, -0.15) is 0 Å². The second-order valence-corrected chi connectivity index (χ2v) is 6.07. The maximum Gasteiger partial charge on any atom is 0.251 e. The number of rotatable bonds is 5. The van der Waals surface area contributed by atoms with Crippen molar-refractivity contribution in [3.05, 3.63) is 88.9 Å².